The summed E-state index contributed by atoms with van der Waals surface area (Å²) in [5.74, 6) is -1.87. The molecule has 3 N–H and O–H groups in total. The van der Waals surface area contributed by atoms with Crippen molar-refractivity contribution in [2.45, 2.75) is 75.7 Å². The van der Waals surface area contributed by atoms with Crippen molar-refractivity contribution in [3.63, 3.8) is 0 Å². The zero-order valence-corrected chi connectivity index (χ0v) is 26.0. The number of ether oxygens (including phenoxy) is 1. The molecular weight excluding hydrogens is 569 g/mol. The van der Waals surface area contributed by atoms with Gasteiger partial charge < -0.3 is 34.2 Å². The molecule has 0 unspecified atom stereocenters. The molecule has 11 heteroatoms. The van der Waals surface area contributed by atoms with Crippen molar-refractivity contribution in [2.24, 2.45) is 5.92 Å². The number of aliphatic hydroxyl groups excluding tert-OH is 2. The number of amides is 3. The Kier molecular flexibility index (Phi) is 8.38. The number of rotatable bonds is 8. The average molecular weight is 610 g/mol. The summed E-state index contributed by atoms with van der Waals surface area (Å²) in [5.41, 5.74) is 1.20. The van der Waals surface area contributed by atoms with E-state index in [1.54, 1.807) is 49.2 Å². The fourth-order valence-electron chi connectivity index (χ4n) is 7.21. The van der Waals surface area contributed by atoms with Gasteiger partial charge in [-0.3, -0.25) is 14.4 Å². The molecule has 2 aromatic carbocycles. The summed E-state index contributed by atoms with van der Waals surface area (Å²) in [5, 5.41) is 22.5. The average Bonchev–Trinajstić information content (AvgIpc) is 3.38. The second kappa shape index (κ2) is 11.6. The minimum absolute atomic E-state index is 0.141. The Bertz CT molecular complexity index is 1440. The summed E-state index contributed by atoms with van der Waals surface area (Å²) in [6.45, 7) is 10.4. The Hall–Kier alpha value is -3.38. The lowest BCUT2D eigenvalue weighted by atomic mass is 9.82. The minimum Gasteiger partial charge on any atom is -0.394 e. The molecule has 3 heterocycles. The van der Waals surface area contributed by atoms with Crippen LogP contribution in [-0.4, -0.2) is 72.6 Å². The summed E-state index contributed by atoms with van der Waals surface area (Å²) in [6, 6.07) is 12.4. The first-order valence-electron chi connectivity index (χ1n) is 14.7. The van der Waals surface area contributed by atoms with E-state index in [0.717, 1.165) is 11.1 Å². The summed E-state index contributed by atoms with van der Waals surface area (Å²) in [7, 11) is -3.53. The maximum absolute atomic E-state index is 16.2. The highest BCUT2D eigenvalue weighted by Crippen LogP contribution is 2.60. The van der Waals surface area contributed by atoms with Gasteiger partial charge in [0.25, 0.3) is 11.8 Å². The Balaban J connectivity index is 1.53. The van der Waals surface area contributed by atoms with E-state index in [2.05, 4.69) is 11.9 Å². The number of fused-ring (bicyclic) bond motifs is 3. The third kappa shape index (κ3) is 5.32. The van der Waals surface area contributed by atoms with Crippen molar-refractivity contribution in [3.8, 4) is 0 Å². The monoisotopic (exact) mass is 609 g/mol. The van der Waals surface area contributed by atoms with Gasteiger partial charge >= 0.3 is 0 Å². The van der Waals surface area contributed by atoms with Gasteiger partial charge in [-0.1, -0.05) is 37.3 Å². The van der Waals surface area contributed by atoms with Crippen LogP contribution in [0.4, 0.5) is 15.5 Å². The largest absolute Gasteiger partial charge is 0.394 e. The Morgan fingerprint density at radius 1 is 1.26 bits per heavy atom. The smallest absolute Gasteiger partial charge is 0.264 e. The van der Waals surface area contributed by atoms with Gasteiger partial charge in [0.2, 0.25) is 14.3 Å². The lowest BCUT2D eigenvalue weighted by Crippen LogP contribution is -2.48. The number of carbonyl (C=O) groups excluding carboxylic acids is 3. The lowest BCUT2D eigenvalue weighted by Gasteiger charge is -2.37. The Morgan fingerprint density at radius 2 is 1.95 bits per heavy atom. The van der Waals surface area contributed by atoms with E-state index in [1.807, 2.05) is 24.3 Å². The molecule has 230 valence electrons. The minimum atomic E-state index is -3.53. The quantitative estimate of drug-likeness (QED) is 0.239. The van der Waals surface area contributed by atoms with Crippen LogP contribution in [0.1, 0.15) is 37.0 Å². The zero-order chi connectivity index (χ0) is 31.3. The zero-order valence-electron chi connectivity index (χ0n) is 25.0. The molecule has 1 fully saturated rings. The van der Waals surface area contributed by atoms with Gasteiger partial charge in [0, 0.05) is 35.8 Å². The number of nitrogens with one attached hydrogen (secondary N) is 1. The molecule has 3 aliphatic rings. The number of carbonyl (C=O) groups is 3. The third-order valence-corrected chi connectivity index (χ3v) is 11.6. The fourth-order valence-corrected chi connectivity index (χ4v) is 9.71. The SMILES string of the molecule is C=CCN1C(=O)[C@@]2(O[C@@H](CC(=O)N3Cc4ccccc4C[C@H]3CO)[C@H]([Si](C)(C)F)[C@H]2C)c2cc(NC(=O)[C@H](C)O)ccc21. The van der Waals surface area contributed by atoms with Crippen molar-refractivity contribution >= 4 is 37.5 Å². The van der Waals surface area contributed by atoms with Crippen molar-refractivity contribution in [1.29, 1.82) is 0 Å². The van der Waals surface area contributed by atoms with Crippen LogP contribution in [0.3, 0.4) is 0 Å². The van der Waals surface area contributed by atoms with Gasteiger partial charge in [0.05, 0.1) is 30.9 Å². The Morgan fingerprint density at radius 3 is 2.58 bits per heavy atom. The first kappa shape index (κ1) is 31.1. The van der Waals surface area contributed by atoms with E-state index in [9.17, 15) is 24.6 Å². The highest BCUT2D eigenvalue weighted by atomic mass is 28.4. The van der Waals surface area contributed by atoms with Crippen LogP contribution in [-0.2, 0) is 37.7 Å². The standard InChI is InChI=1S/C32H40FN3O6Si/c1-6-13-35-26-12-11-23(34-30(40)20(3)38)15-25(26)32(31(35)41)19(2)29(43(4,5)33)27(42-32)16-28(39)36-17-22-10-8-7-9-21(22)14-24(36)18-37/h6-12,15,19-20,24,27,29,37-38H,1,13-14,16-18H2,2-5H3,(H,34,40)/t19-,20+,24+,27+,29-,32+/m1/s1. The normalized spacial score (nSPS) is 27.2. The van der Waals surface area contributed by atoms with Crippen molar-refractivity contribution in [2.75, 3.05) is 23.4 Å². The van der Waals surface area contributed by atoms with Crippen LogP contribution >= 0.6 is 0 Å². The molecule has 9 nitrogen and oxygen atoms in total. The van der Waals surface area contributed by atoms with Gasteiger partial charge in [0.1, 0.15) is 6.10 Å². The maximum Gasteiger partial charge on any atom is 0.264 e. The Labute approximate surface area is 252 Å². The van der Waals surface area contributed by atoms with Gasteiger partial charge in [-0.15, -0.1) is 6.58 Å². The highest BCUT2D eigenvalue weighted by molar-refractivity contribution is 6.72. The number of nitrogens with zero attached hydrogens (tertiary/aromatic N) is 2. The van der Waals surface area contributed by atoms with E-state index in [4.69, 9.17) is 4.74 Å². The van der Waals surface area contributed by atoms with Gasteiger partial charge in [-0.2, -0.15) is 0 Å². The van der Waals surface area contributed by atoms with Gasteiger partial charge in [-0.25, -0.2) is 0 Å². The number of aliphatic hydroxyl groups is 2. The summed E-state index contributed by atoms with van der Waals surface area (Å²) in [6.07, 6.45) is -0.162. The van der Waals surface area contributed by atoms with Gasteiger partial charge in [0.15, 0.2) is 5.60 Å². The fraction of sp³-hybridized carbons (Fsp3) is 0.469. The van der Waals surface area contributed by atoms with E-state index < -0.39 is 49.6 Å². The molecule has 2 aromatic rings. The summed E-state index contributed by atoms with van der Waals surface area (Å²) >= 11 is 0. The predicted molar refractivity (Wildman–Crippen MR) is 164 cm³/mol. The predicted octanol–water partition coefficient (Wildman–Crippen LogP) is 3.65. The maximum atomic E-state index is 16.2. The molecule has 1 saturated heterocycles. The van der Waals surface area contributed by atoms with Crippen LogP contribution in [0.25, 0.3) is 0 Å². The van der Waals surface area contributed by atoms with Crippen LogP contribution in [0.5, 0.6) is 0 Å². The van der Waals surface area contributed by atoms with Crippen LogP contribution in [0.15, 0.2) is 55.1 Å². The van der Waals surface area contributed by atoms with Gasteiger partial charge in [-0.05, 0) is 55.8 Å². The highest BCUT2D eigenvalue weighted by Gasteiger charge is 2.67. The molecule has 0 radical (unpaired) electrons. The lowest BCUT2D eigenvalue weighted by molar-refractivity contribution is -0.150. The number of hydrogen-bond donors (Lipinski definition) is 3. The molecule has 0 aliphatic carbocycles. The van der Waals surface area contributed by atoms with Crippen molar-refractivity contribution in [3.05, 3.63) is 71.8 Å². The number of halogens is 1. The topological polar surface area (TPSA) is 119 Å². The van der Waals surface area contributed by atoms with Crippen LogP contribution in [0, 0.1) is 5.92 Å². The van der Waals surface area contributed by atoms with E-state index >= 15 is 4.11 Å². The second-order valence-electron chi connectivity index (χ2n) is 12.4. The molecule has 0 aromatic heterocycles. The number of anilines is 2. The molecule has 0 saturated carbocycles. The molecule has 5 rings (SSSR count). The van der Waals surface area contributed by atoms with Crippen LogP contribution < -0.4 is 10.2 Å². The van der Waals surface area contributed by atoms with E-state index in [-0.39, 0.29) is 31.4 Å². The first-order valence-corrected chi connectivity index (χ1v) is 17.7. The van der Waals surface area contributed by atoms with E-state index in [0.29, 0.717) is 29.9 Å². The van der Waals surface area contributed by atoms with E-state index in [1.165, 1.54) is 11.8 Å². The molecule has 3 amide bonds. The number of hydrogen-bond acceptors (Lipinski definition) is 6. The third-order valence-electron chi connectivity index (χ3n) is 9.18. The summed E-state index contributed by atoms with van der Waals surface area (Å²) < 4.78 is 22.9. The summed E-state index contributed by atoms with van der Waals surface area (Å²) in [4.78, 5) is 43.6. The number of benzene rings is 2. The second-order valence-corrected chi connectivity index (χ2v) is 16.2. The van der Waals surface area contributed by atoms with Crippen molar-refractivity contribution in [1.82, 2.24) is 4.90 Å². The molecule has 0 bridgehead atoms. The van der Waals surface area contributed by atoms with Crippen LogP contribution in [0.2, 0.25) is 18.6 Å². The first-order chi connectivity index (χ1) is 20.3. The molecular formula is C32H40FN3O6Si. The molecule has 1 spiro atoms. The molecule has 6 atom stereocenters. The molecule has 3 aliphatic heterocycles. The van der Waals surface area contributed by atoms with Crippen molar-refractivity contribution < 1.29 is 33.4 Å². The molecule has 43 heavy (non-hydrogen) atoms.